The van der Waals surface area contributed by atoms with Gasteiger partial charge in [0.25, 0.3) is 5.91 Å². The third kappa shape index (κ3) is 2.19. The van der Waals surface area contributed by atoms with Gasteiger partial charge in [0.1, 0.15) is 0 Å². The summed E-state index contributed by atoms with van der Waals surface area (Å²) in [7, 11) is 0. The van der Waals surface area contributed by atoms with E-state index in [1.807, 2.05) is 42.5 Å². The molecule has 2 aromatic rings. The topological polar surface area (TPSA) is 29.5 Å². The van der Waals surface area contributed by atoms with Crippen molar-refractivity contribution in [3.8, 4) is 0 Å². The summed E-state index contributed by atoms with van der Waals surface area (Å²) >= 11 is 5.86. The number of carbonyl (C=O) groups is 1. The van der Waals surface area contributed by atoms with Crippen molar-refractivity contribution < 1.29 is 9.63 Å². The first-order valence-corrected chi connectivity index (χ1v) is 6.78. The lowest BCUT2D eigenvalue weighted by Gasteiger charge is -2.45. The number of rotatable bonds is 3. The predicted octanol–water partition coefficient (Wildman–Crippen LogP) is 3.53. The third-order valence-corrected chi connectivity index (χ3v) is 3.74. The quantitative estimate of drug-likeness (QED) is 0.864. The molecule has 1 unspecified atom stereocenters. The van der Waals surface area contributed by atoms with Gasteiger partial charge in [0.2, 0.25) is 0 Å². The molecule has 20 heavy (non-hydrogen) atoms. The van der Waals surface area contributed by atoms with Crippen LogP contribution in [0.3, 0.4) is 0 Å². The molecule has 3 rings (SSSR count). The highest BCUT2D eigenvalue weighted by atomic mass is 35.5. The van der Waals surface area contributed by atoms with Crippen LogP contribution >= 0.6 is 11.6 Å². The van der Waals surface area contributed by atoms with Crippen LogP contribution in [-0.4, -0.2) is 11.0 Å². The van der Waals surface area contributed by atoms with Crippen LogP contribution in [0.15, 0.2) is 54.6 Å². The second-order valence-electron chi connectivity index (χ2n) is 4.96. The second kappa shape index (κ2) is 4.93. The molecule has 4 heteroatoms. The zero-order valence-electron chi connectivity index (χ0n) is 11.0. The lowest BCUT2D eigenvalue weighted by Crippen LogP contribution is -2.60. The van der Waals surface area contributed by atoms with E-state index in [0.717, 1.165) is 11.1 Å². The molecule has 0 bridgehead atoms. The Kier molecular flexibility index (Phi) is 3.24. The summed E-state index contributed by atoms with van der Waals surface area (Å²) in [5.41, 5.74) is 0.953. The number of hydrogen-bond acceptors (Lipinski definition) is 2. The molecule has 1 amide bonds. The van der Waals surface area contributed by atoms with Gasteiger partial charge in [-0.05, 0) is 30.2 Å². The van der Waals surface area contributed by atoms with Crippen molar-refractivity contribution in [2.45, 2.75) is 19.1 Å². The Labute approximate surface area is 122 Å². The Hall–Kier alpha value is -1.84. The van der Waals surface area contributed by atoms with Crippen LogP contribution in [0.4, 0.5) is 0 Å². The van der Waals surface area contributed by atoms with Crippen molar-refractivity contribution in [2.24, 2.45) is 0 Å². The van der Waals surface area contributed by atoms with Crippen LogP contribution in [-0.2, 0) is 21.8 Å². The lowest BCUT2D eigenvalue weighted by atomic mass is 9.92. The first kappa shape index (κ1) is 13.2. The summed E-state index contributed by atoms with van der Waals surface area (Å²) in [6.45, 7) is 2.24. The van der Waals surface area contributed by atoms with Crippen LogP contribution in [0.1, 0.15) is 18.1 Å². The van der Waals surface area contributed by atoms with Crippen LogP contribution < -0.4 is 0 Å². The average Bonchev–Trinajstić information content (AvgIpc) is 2.48. The minimum absolute atomic E-state index is 0.0383. The molecule has 1 saturated heterocycles. The molecule has 1 aliphatic heterocycles. The lowest BCUT2D eigenvalue weighted by molar-refractivity contribution is -0.312. The number of amides is 1. The van der Waals surface area contributed by atoms with Gasteiger partial charge in [0, 0.05) is 5.02 Å². The van der Waals surface area contributed by atoms with Crippen molar-refractivity contribution in [2.75, 3.05) is 0 Å². The minimum atomic E-state index is -0.903. The summed E-state index contributed by atoms with van der Waals surface area (Å²) in [6, 6.07) is 16.9. The van der Waals surface area contributed by atoms with Crippen molar-refractivity contribution in [1.29, 1.82) is 0 Å². The zero-order valence-corrected chi connectivity index (χ0v) is 11.8. The van der Waals surface area contributed by atoms with E-state index in [1.54, 1.807) is 19.1 Å². The van der Waals surface area contributed by atoms with E-state index in [0.29, 0.717) is 11.6 Å². The number of benzene rings is 2. The molecule has 1 heterocycles. The molecule has 0 radical (unpaired) electrons. The molecule has 2 aromatic carbocycles. The smallest absolute Gasteiger partial charge is 0.269 e. The van der Waals surface area contributed by atoms with Gasteiger partial charge in [-0.25, -0.2) is 9.90 Å². The summed E-state index contributed by atoms with van der Waals surface area (Å²) in [4.78, 5) is 18.1. The zero-order chi connectivity index (χ0) is 14.2. The average molecular weight is 288 g/mol. The summed E-state index contributed by atoms with van der Waals surface area (Å²) < 4.78 is 0. The fourth-order valence-electron chi connectivity index (χ4n) is 2.30. The van der Waals surface area contributed by atoms with Crippen molar-refractivity contribution in [3.05, 3.63) is 70.7 Å². The number of carbonyl (C=O) groups excluding carboxylic acids is 1. The normalized spacial score (nSPS) is 21.7. The highest BCUT2D eigenvalue weighted by Gasteiger charge is 2.51. The van der Waals surface area contributed by atoms with Crippen LogP contribution in [0.25, 0.3) is 0 Å². The third-order valence-electron chi connectivity index (χ3n) is 3.49. The van der Waals surface area contributed by atoms with E-state index in [2.05, 4.69) is 0 Å². The highest BCUT2D eigenvalue weighted by molar-refractivity contribution is 6.30. The van der Waals surface area contributed by atoms with E-state index >= 15 is 0 Å². The fraction of sp³-hybridized carbons (Fsp3) is 0.188. The molecular weight excluding hydrogens is 274 g/mol. The number of nitrogens with zero attached hydrogens (tertiary/aromatic N) is 1. The van der Waals surface area contributed by atoms with Gasteiger partial charge < -0.3 is 0 Å². The number of hydroxylamine groups is 2. The van der Waals surface area contributed by atoms with Gasteiger partial charge in [0.05, 0.1) is 6.54 Å². The molecule has 0 saturated carbocycles. The number of halogens is 1. The van der Waals surface area contributed by atoms with Crippen molar-refractivity contribution in [1.82, 2.24) is 5.06 Å². The Morgan fingerprint density at radius 3 is 2.35 bits per heavy atom. The molecule has 0 spiro atoms. The van der Waals surface area contributed by atoms with Gasteiger partial charge in [-0.2, -0.15) is 0 Å². The first-order valence-electron chi connectivity index (χ1n) is 6.41. The molecule has 0 N–H and O–H groups in total. The van der Waals surface area contributed by atoms with Crippen LogP contribution in [0.5, 0.6) is 0 Å². The molecule has 0 aliphatic carbocycles. The van der Waals surface area contributed by atoms with E-state index in [4.69, 9.17) is 16.4 Å². The predicted molar refractivity (Wildman–Crippen MR) is 76.9 cm³/mol. The van der Waals surface area contributed by atoms with Crippen molar-refractivity contribution >= 4 is 17.5 Å². The standard InChI is InChI=1S/C16H14ClNO2/c1-16(13-7-9-14(17)10-8-13)15(19)18(20-16)11-12-5-3-2-4-6-12/h2-10H,11H2,1H3. The van der Waals surface area contributed by atoms with Gasteiger partial charge >= 0.3 is 0 Å². The second-order valence-corrected chi connectivity index (χ2v) is 5.40. The Morgan fingerprint density at radius 2 is 1.75 bits per heavy atom. The Balaban J connectivity index is 1.74. The highest BCUT2D eigenvalue weighted by Crippen LogP contribution is 2.38. The van der Waals surface area contributed by atoms with E-state index in [1.165, 1.54) is 5.06 Å². The summed E-state index contributed by atoms with van der Waals surface area (Å²) in [5, 5.41) is 2.04. The number of hydrogen-bond donors (Lipinski definition) is 0. The van der Waals surface area contributed by atoms with Gasteiger partial charge in [-0.15, -0.1) is 0 Å². The molecule has 3 nitrogen and oxygen atoms in total. The van der Waals surface area contributed by atoms with Gasteiger partial charge in [0.15, 0.2) is 5.60 Å². The van der Waals surface area contributed by atoms with Crippen LogP contribution in [0, 0.1) is 0 Å². The van der Waals surface area contributed by atoms with E-state index in [-0.39, 0.29) is 5.91 Å². The summed E-state index contributed by atoms with van der Waals surface area (Å²) in [5.74, 6) is -0.0383. The van der Waals surface area contributed by atoms with Gasteiger partial charge in [-0.1, -0.05) is 54.1 Å². The first-order chi connectivity index (χ1) is 9.59. The van der Waals surface area contributed by atoms with E-state index in [9.17, 15) is 4.79 Å². The molecule has 1 fully saturated rings. The fourth-order valence-corrected chi connectivity index (χ4v) is 2.42. The molecular formula is C16H14ClNO2. The monoisotopic (exact) mass is 287 g/mol. The molecule has 0 aromatic heterocycles. The van der Waals surface area contributed by atoms with E-state index < -0.39 is 5.60 Å². The maximum Gasteiger partial charge on any atom is 0.285 e. The Bertz CT molecular complexity index is 627. The Morgan fingerprint density at radius 1 is 1.10 bits per heavy atom. The SMILES string of the molecule is CC1(c2ccc(Cl)cc2)ON(Cc2ccccc2)C1=O. The minimum Gasteiger partial charge on any atom is -0.269 e. The largest absolute Gasteiger partial charge is 0.285 e. The van der Waals surface area contributed by atoms with Crippen molar-refractivity contribution in [3.63, 3.8) is 0 Å². The summed E-state index contributed by atoms with van der Waals surface area (Å²) in [6.07, 6.45) is 0. The molecule has 102 valence electrons. The molecule has 1 atom stereocenters. The van der Waals surface area contributed by atoms with Crippen LogP contribution in [0.2, 0.25) is 5.02 Å². The maximum absolute atomic E-state index is 12.3. The molecule has 1 aliphatic rings. The van der Waals surface area contributed by atoms with Gasteiger partial charge in [-0.3, -0.25) is 4.79 Å². The maximum atomic E-state index is 12.3.